The summed E-state index contributed by atoms with van der Waals surface area (Å²) in [5.41, 5.74) is 1.56. The van der Waals surface area contributed by atoms with E-state index in [9.17, 15) is 8.42 Å². The molecule has 0 bridgehead atoms. The van der Waals surface area contributed by atoms with Crippen molar-refractivity contribution in [2.45, 2.75) is 18.2 Å². The number of hydrogen-bond acceptors (Lipinski definition) is 4. The summed E-state index contributed by atoms with van der Waals surface area (Å²) in [5, 5.41) is 0. The summed E-state index contributed by atoms with van der Waals surface area (Å²) in [6.07, 6.45) is 0.755. The van der Waals surface area contributed by atoms with Crippen molar-refractivity contribution in [3.8, 4) is 5.75 Å². The lowest BCUT2D eigenvalue weighted by Gasteiger charge is -2.12. The van der Waals surface area contributed by atoms with E-state index in [2.05, 4.69) is 4.72 Å². The zero-order chi connectivity index (χ0) is 16.7. The Bertz CT molecular complexity index is 727. The molecule has 0 aliphatic rings. The Balaban J connectivity index is 2.13. The highest BCUT2D eigenvalue weighted by Gasteiger charge is 2.15. The van der Waals surface area contributed by atoms with E-state index in [1.165, 1.54) is 12.1 Å². The van der Waals surface area contributed by atoms with Gasteiger partial charge in [0.2, 0.25) is 0 Å². The Morgan fingerprint density at radius 1 is 1.00 bits per heavy atom. The van der Waals surface area contributed by atoms with Crippen LogP contribution in [0.25, 0.3) is 0 Å². The number of para-hydroxylation sites is 1. The minimum absolute atomic E-state index is 0.197. The summed E-state index contributed by atoms with van der Waals surface area (Å²) in [6.45, 7) is 2.89. The third-order valence-electron chi connectivity index (χ3n) is 3.33. The molecule has 6 heteroatoms. The van der Waals surface area contributed by atoms with E-state index in [-0.39, 0.29) is 4.90 Å². The molecule has 0 radical (unpaired) electrons. The zero-order valence-electron chi connectivity index (χ0n) is 13.3. The quantitative estimate of drug-likeness (QED) is 0.753. The van der Waals surface area contributed by atoms with E-state index < -0.39 is 10.0 Å². The second kappa shape index (κ2) is 7.99. The van der Waals surface area contributed by atoms with Gasteiger partial charge in [-0.25, -0.2) is 8.42 Å². The van der Waals surface area contributed by atoms with Crippen molar-refractivity contribution >= 4 is 15.7 Å². The van der Waals surface area contributed by atoms with Gasteiger partial charge in [0.25, 0.3) is 10.0 Å². The summed E-state index contributed by atoms with van der Waals surface area (Å²) in [5.74, 6) is 0.606. The lowest BCUT2D eigenvalue weighted by Crippen LogP contribution is -2.14. The van der Waals surface area contributed by atoms with Crippen LogP contribution in [0.15, 0.2) is 53.4 Å². The average Bonchev–Trinajstić information content (AvgIpc) is 2.56. The number of aryl methyl sites for hydroxylation is 1. The molecule has 0 amide bonds. The summed E-state index contributed by atoms with van der Waals surface area (Å²) in [7, 11) is -2.02. The van der Waals surface area contributed by atoms with E-state index in [0.717, 1.165) is 12.0 Å². The molecule has 0 spiro atoms. The monoisotopic (exact) mass is 335 g/mol. The largest absolute Gasteiger partial charge is 0.491 e. The van der Waals surface area contributed by atoms with Gasteiger partial charge in [-0.15, -0.1) is 0 Å². The normalized spacial score (nSPS) is 11.2. The van der Waals surface area contributed by atoms with Crippen LogP contribution < -0.4 is 9.46 Å². The molecular formula is C17H21NO4S. The summed E-state index contributed by atoms with van der Waals surface area (Å²) >= 11 is 0. The standard InChI is InChI=1S/C17H21NO4S/c1-3-14-6-4-5-7-17(14)18-23(19,20)16-10-8-15(9-11-16)22-13-12-21-2/h4-11,18H,3,12-13H2,1-2H3. The van der Waals surface area contributed by atoms with Gasteiger partial charge in [-0.1, -0.05) is 25.1 Å². The Labute approximate surface area is 137 Å². The first-order chi connectivity index (χ1) is 11.1. The molecule has 23 heavy (non-hydrogen) atoms. The van der Waals surface area contributed by atoms with Gasteiger partial charge in [-0.05, 0) is 42.3 Å². The third-order valence-corrected chi connectivity index (χ3v) is 4.71. The molecule has 0 saturated carbocycles. The maximum absolute atomic E-state index is 12.5. The Morgan fingerprint density at radius 3 is 2.35 bits per heavy atom. The molecule has 0 unspecified atom stereocenters. The lowest BCUT2D eigenvalue weighted by molar-refractivity contribution is 0.146. The average molecular weight is 335 g/mol. The molecular weight excluding hydrogens is 314 g/mol. The fourth-order valence-corrected chi connectivity index (χ4v) is 3.19. The molecule has 2 aromatic carbocycles. The fraction of sp³-hybridized carbons (Fsp3) is 0.294. The Kier molecular flexibility index (Phi) is 6.01. The van der Waals surface area contributed by atoms with Crippen LogP contribution >= 0.6 is 0 Å². The van der Waals surface area contributed by atoms with Crippen molar-refractivity contribution in [2.75, 3.05) is 25.0 Å². The third kappa shape index (κ3) is 4.71. The van der Waals surface area contributed by atoms with Crippen LogP contribution in [0.5, 0.6) is 5.75 Å². The predicted octanol–water partition coefficient (Wildman–Crippen LogP) is 3.08. The maximum atomic E-state index is 12.5. The molecule has 2 rings (SSSR count). The van der Waals surface area contributed by atoms with Crippen molar-refractivity contribution in [3.63, 3.8) is 0 Å². The van der Waals surface area contributed by atoms with Crippen LogP contribution in [-0.2, 0) is 21.2 Å². The zero-order valence-corrected chi connectivity index (χ0v) is 14.1. The number of hydrogen-bond donors (Lipinski definition) is 1. The smallest absolute Gasteiger partial charge is 0.261 e. The van der Waals surface area contributed by atoms with Crippen molar-refractivity contribution < 1.29 is 17.9 Å². The van der Waals surface area contributed by atoms with Crippen molar-refractivity contribution in [2.24, 2.45) is 0 Å². The van der Waals surface area contributed by atoms with Gasteiger partial charge in [0.15, 0.2) is 0 Å². The molecule has 0 aliphatic carbocycles. The van der Waals surface area contributed by atoms with Gasteiger partial charge in [0.05, 0.1) is 17.2 Å². The molecule has 0 aromatic heterocycles. The number of benzene rings is 2. The Hall–Kier alpha value is -2.05. The fourth-order valence-electron chi connectivity index (χ4n) is 2.09. The van der Waals surface area contributed by atoms with E-state index in [1.54, 1.807) is 25.3 Å². The minimum Gasteiger partial charge on any atom is -0.491 e. The van der Waals surface area contributed by atoms with Gasteiger partial charge in [-0.3, -0.25) is 4.72 Å². The van der Waals surface area contributed by atoms with Gasteiger partial charge >= 0.3 is 0 Å². The molecule has 1 N–H and O–H groups in total. The Morgan fingerprint density at radius 2 is 1.70 bits per heavy atom. The highest BCUT2D eigenvalue weighted by atomic mass is 32.2. The summed E-state index contributed by atoms with van der Waals surface area (Å²) < 4.78 is 37.9. The van der Waals surface area contributed by atoms with Gasteiger partial charge in [-0.2, -0.15) is 0 Å². The molecule has 124 valence electrons. The second-order valence-electron chi connectivity index (χ2n) is 4.93. The molecule has 0 heterocycles. The van der Waals surface area contributed by atoms with Gasteiger partial charge < -0.3 is 9.47 Å². The SMILES string of the molecule is CCc1ccccc1NS(=O)(=O)c1ccc(OCCOC)cc1. The summed E-state index contributed by atoms with van der Waals surface area (Å²) in [4.78, 5) is 0.197. The van der Waals surface area contributed by atoms with E-state index in [0.29, 0.717) is 24.7 Å². The topological polar surface area (TPSA) is 64.6 Å². The second-order valence-corrected chi connectivity index (χ2v) is 6.61. The lowest BCUT2D eigenvalue weighted by atomic mass is 10.1. The molecule has 5 nitrogen and oxygen atoms in total. The van der Waals surface area contributed by atoms with Crippen LogP contribution in [0.2, 0.25) is 0 Å². The van der Waals surface area contributed by atoms with Gasteiger partial charge in [0, 0.05) is 7.11 Å². The van der Waals surface area contributed by atoms with Crippen molar-refractivity contribution in [1.29, 1.82) is 0 Å². The molecule has 0 saturated heterocycles. The molecule has 0 aliphatic heterocycles. The first-order valence-electron chi connectivity index (χ1n) is 7.39. The minimum atomic E-state index is -3.62. The van der Waals surface area contributed by atoms with Crippen LogP contribution in [0.1, 0.15) is 12.5 Å². The van der Waals surface area contributed by atoms with Crippen LogP contribution in [-0.4, -0.2) is 28.7 Å². The molecule has 0 fully saturated rings. The number of sulfonamides is 1. The van der Waals surface area contributed by atoms with E-state index in [1.807, 2.05) is 25.1 Å². The van der Waals surface area contributed by atoms with Crippen LogP contribution in [0.4, 0.5) is 5.69 Å². The van der Waals surface area contributed by atoms with E-state index >= 15 is 0 Å². The van der Waals surface area contributed by atoms with Crippen LogP contribution in [0, 0.1) is 0 Å². The number of anilines is 1. The highest BCUT2D eigenvalue weighted by molar-refractivity contribution is 7.92. The van der Waals surface area contributed by atoms with Crippen molar-refractivity contribution in [3.05, 3.63) is 54.1 Å². The highest BCUT2D eigenvalue weighted by Crippen LogP contribution is 2.22. The first kappa shape index (κ1) is 17.3. The number of ether oxygens (including phenoxy) is 2. The van der Waals surface area contributed by atoms with E-state index in [4.69, 9.17) is 9.47 Å². The molecule has 2 aromatic rings. The number of nitrogens with one attached hydrogen (secondary N) is 1. The first-order valence-corrected chi connectivity index (χ1v) is 8.87. The van der Waals surface area contributed by atoms with Crippen molar-refractivity contribution in [1.82, 2.24) is 0 Å². The summed E-state index contributed by atoms with van der Waals surface area (Å²) in [6, 6.07) is 13.7. The maximum Gasteiger partial charge on any atom is 0.261 e. The van der Waals surface area contributed by atoms with Crippen LogP contribution in [0.3, 0.4) is 0 Å². The predicted molar refractivity (Wildman–Crippen MR) is 90.4 cm³/mol. The van der Waals surface area contributed by atoms with Gasteiger partial charge in [0.1, 0.15) is 12.4 Å². The number of rotatable bonds is 8. The number of methoxy groups -OCH3 is 1. The molecule has 0 atom stereocenters.